The van der Waals surface area contributed by atoms with Crippen molar-refractivity contribution in [2.45, 2.75) is 117 Å². The van der Waals surface area contributed by atoms with Gasteiger partial charge in [0.25, 0.3) is 0 Å². The third kappa shape index (κ3) is 10.0. The number of rotatable bonds is 13. The average molecular weight is 997 g/mol. The molecule has 17 heteroatoms. The van der Waals surface area contributed by atoms with Crippen LogP contribution in [0.15, 0.2) is 83.3 Å². The van der Waals surface area contributed by atoms with Crippen molar-refractivity contribution in [2.24, 2.45) is 16.3 Å². The van der Waals surface area contributed by atoms with Crippen molar-refractivity contribution >= 4 is 52.1 Å². The van der Waals surface area contributed by atoms with E-state index in [2.05, 4.69) is 58.0 Å². The summed E-state index contributed by atoms with van der Waals surface area (Å²) in [7, 11) is 1.37. The van der Waals surface area contributed by atoms with Crippen molar-refractivity contribution in [2.75, 3.05) is 13.7 Å². The summed E-state index contributed by atoms with van der Waals surface area (Å²) in [5, 5.41) is 28.7. The van der Waals surface area contributed by atoms with Gasteiger partial charge in [0.05, 0.1) is 31.4 Å². The molecule has 1 saturated heterocycles. The summed E-state index contributed by atoms with van der Waals surface area (Å²) in [5.41, 5.74) is 8.16. The molecule has 0 spiro atoms. The number of aliphatic hydroxyl groups excluding tert-OH is 1. The number of ether oxygens (including phenoxy) is 2. The molecule has 0 radical (unpaired) electrons. The molecule has 3 amide bonds. The molecule has 1 saturated carbocycles. The lowest BCUT2D eigenvalue weighted by Gasteiger charge is -2.39. The highest BCUT2D eigenvalue weighted by Gasteiger charge is 2.46. The first kappa shape index (κ1) is 49.4. The third-order valence-electron chi connectivity index (χ3n) is 14.0. The number of benzene rings is 2. The molecule has 9 rings (SSSR count). The van der Waals surface area contributed by atoms with Crippen molar-refractivity contribution < 1.29 is 33.8 Å². The molecule has 3 aliphatic rings. The van der Waals surface area contributed by atoms with Gasteiger partial charge >= 0.3 is 5.97 Å². The Bertz CT molecular complexity index is 3000. The minimum absolute atomic E-state index is 0.00331. The van der Waals surface area contributed by atoms with E-state index in [4.69, 9.17) is 14.5 Å². The van der Waals surface area contributed by atoms with Gasteiger partial charge in [-0.2, -0.15) is 0 Å². The molecule has 6 heterocycles. The Morgan fingerprint density at radius 3 is 2.20 bits per heavy atom. The molecular weight excluding hydrogens is 937 g/mol. The van der Waals surface area contributed by atoms with Crippen LogP contribution in [0.5, 0.6) is 5.88 Å². The number of carbonyl (C=O) groups excluding carboxylic acids is 4. The first-order chi connectivity index (χ1) is 33.9. The SMILES string of the molecule is COC(=O)C[C@@H]1N=C(c2ccc(-c3ccc(OC4CC(C(=O)N[C@H](C(=O)N5C[C@H](O)C[C@H]5C(=O)N[C@@H](C)c5ccc(-c6sccc6C)cc5)C(C)(C)C)C4)nc3)cc2)c2c(sc(C)c2C)-n2c(C)nnc21. The van der Waals surface area contributed by atoms with Crippen LogP contribution in [0, 0.1) is 39.0 Å². The average Bonchev–Trinajstić information content (AvgIpc) is 4.10. The van der Waals surface area contributed by atoms with Gasteiger partial charge in [-0.3, -0.25) is 28.7 Å². The molecule has 2 fully saturated rings. The number of nitrogens with zero attached hydrogens (tertiary/aromatic N) is 6. The van der Waals surface area contributed by atoms with Crippen LogP contribution in [0.2, 0.25) is 0 Å². The van der Waals surface area contributed by atoms with E-state index in [1.54, 1.807) is 28.9 Å². The zero-order valence-electron chi connectivity index (χ0n) is 41.5. The number of likely N-dealkylation sites (tertiary alicyclic amines) is 1. The van der Waals surface area contributed by atoms with Crippen molar-refractivity contribution in [1.29, 1.82) is 0 Å². The summed E-state index contributed by atoms with van der Waals surface area (Å²) in [6.07, 6.45) is 1.69. The Morgan fingerprint density at radius 1 is 0.859 bits per heavy atom. The van der Waals surface area contributed by atoms with Crippen molar-refractivity contribution in [3.05, 3.63) is 123 Å². The summed E-state index contributed by atoms with van der Waals surface area (Å²) in [6.45, 7) is 15.7. The fraction of sp³-hybridized carbons (Fsp3) is 0.407. The minimum Gasteiger partial charge on any atom is -0.474 e. The topological polar surface area (TPSA) is 190 Å². The number of aliphatic imine (C=N–C) groups is 1. The van der Waals surface area contributed by atoms with Crippen LogP contribution in [0.1, 0.15) is 110 Å². The summed E-state index contributed by atoms with van der Waals surface area (Å²) < 4.78 is 13.2. The maximum Gasteiger partial charge on any atom is 0.308 e. The maximum absolute atomic E-state index is 14.3. The number of aryl methyl sites for hydroxylation is 3. The number of aromatic nitrogens is 4. The molecule has 0 bridgehead atoms. The summed E-state index contributed by atoms with van der Waals surface area (Å²) in [4.78, 5) is 67.9. The Balaban J connectivity index is 0.806. The van der Waals surface area contributed by atoms with E-state index in [1.165, 1.54) is 22.5 Å². The molecule has 71 heavy (non-hydrogen) atoms. The van der Waals surface area contributed by atoms with Gasteiger partial charge in [0.2, 0.25) is 23.6 Å². The normalized spacial score (nSPS) is 20.4. The maximum atomic E-state index is 14.3. The van der Waals surface area contributed by atoms with Crippen LogP contribution >= 0.6 is 22.7 Å². The standard InChI is InChI=1S/C54H60N8O7S2/c1-28-20-21-70-47(28)36-16-10-33(11-17-36)30(3)56-51(66)42-24-39(63)27-61(42)52(67)48(54(6,7)8)58-50(65)38-22-40(23-38)69-43-19-18-37(26-55-43)34-12-14-35(15-13-34)46-45-29(2)31(4)71-53(45)62-32(5)59-60-49(62)41(57-46)25-44(64)68-9/h10-21,26,30,38-42,48,63H,22-25,27H2,1-9H3,(H,56,66)(H,58,65)/t30-,38?,39+,40?,41-,42-,48+/m0/s1. The number of hydrogen-bond donors (Lipinski definition) is 3. The molecule has 15 nitrogen and oxygen atoms in total. The van der Waals surface area contributed by atoms with Crippen molar-refractivity contribution in [1.82, 2.24) is 35.3 Å². The Labute approximate surface area is 421 Å². The fourth-order valence-electron chi connectivity index (χ4n) is 9.62. The second-order valence-electron chi connectivity index (χ2n) is 20.0. The number of amides is 3. The number of β-amino-alcohol motifs (C(OH)–C–C–N with tert-alkyl or cyclic N) is 1. The molecule has 6 aromatic rings. The lowest BCUT2D eigenvalue weighted by molar-refractivity contribution is -0.145. The predicted molar refractivity (Wildman–Crippen MR) is 274 cm³/mol. The number of thiophene rings is 2. The molecule has 0 unspecified atom stereocenters. The number of carbonyl (C=O) groups is 4. The van der Waals surface area contributed by atoms with E-state index < -0.39 is 35.6 Å². The highest BCUT2D eigenvalue weighted by Crippen LogP contribution is 2.40. The fourth-order valence-corrected chi connectivity index (χ4v) is 11.8. The van der Waals surface area contributed by atoms with E-state index in [0.29, 0.717) is 24.5 Å². The van der Waals surface area contributed by atoms with Crippen molar-refractivity contribution in [3.63, 3.8) is 0 Å². The van der Waals surface area contributed by atoms with Gasteiger partial charge in [-0.25, -0.2) is 4.98 Å². The van der Waals surface area contributed by atoms with Crippen LogP contribution in [-0.2, 0) is 23.9 Å². The van der Waals surface area contributed by atoms with E-state index >= 15 is 0 Å². The zero-order chi connectivity index (χ0) is 50.5. The second-order valence-corrected chi connectivity index (χ2v) is 22.2. The molecule has 2 aliphatic heterocycles. The van der Waals surface area contributed by atoms with E-state index in [1.807, 2.05) is 99.8 Å². The van der Waals surface area contributed by atoms with E-state index in [0.717, 1.165) is 60.4 Å². The number of aliphatic hydroxyl groups is 1. The number of hydrogen-bond acceptors (Lipinski definition) is 13. The smallest absolute Gasteiger partial charge is 0.308 e. The number of pyridine rings is 1. The lowest BCUT2D eigenvalue weighted by Crippen LogP contribution is -2.59. The van der Waals surface area contributed by atoms with E-state index in [-0.39, 0.29) is 55.2 Å². The largest absolute Gasteiger partial charge is 0.474 e. The van der Waals surface area contributed by atoms with Gasteiger partial charge in [0.15, 0.2) is 5.82 Å². The molecule has 2 aromatic carbocycles. The van der Waals surface area contributed by atoms with Crippen LogP contribution < -0.4 is 15.4 Å². The quantitative estimate of drug-likeness (QED) is 0.0949. The molecule has 5 atom stereocenters. The van der Waals surface area contributed by atoms with Crippen LogP contribution in [0.3, 0.4) is 0 Å². The number of nitrogens with one attached hydrogen (secondary N) is 2. The zero-order valence-corrected chi connectivity index (χ0v) is 43.1. The number of fused-ring (bicyclic) bond motifs is 3. The van der Waals surface area contributed by atoms with Crippen molar-refractivity contribution in [3.8, 4) is 32.4 Å². The van der Waals surface area contributed by atoms with Gasteiger partial charge < -0.3 is 30.1 Å². The number of esters is 1. The van der Waals surface area contributed by atoms with E-state index in [9.17, 15) is 24.3 Å². The van der Waals surface area contributed by atoms with Gasteiger partial charge in [-0.1, -0.05) is 69.3 Å². The third-order valence-corrected chi connectivity index (χ3v) is 16.2. The first-order valence-corrected chi connectivity index (χ1v) is 25.7. The summed E-state index contributed by atoms with van der Waals surface area (Å²) in [6, 6.07) is 19.3. The van der Waals surface area contributed by atoms with Crippen LogP contribution in [0.4, 0.5) is 0 Å². The molecule has 370 valence electrons. The second kappa shape index (κ2) is 19.9. The molecule has 4 aromatic heterocycles. The highest BCUT2D eigenvalue weighted by atomic mass is 32.1. The molecular formula is C54H60N8O7S2. The number of methoxy groups -OCH3 is 1. The Morgan fingerprint density at radius 2 is 1.55 bits per heavy atom. The van der Waals surface area contributed by atoms with Gasteiger partial charge in [-0.05, 0) is 98.2 Å². The predicted octanol–water partition coefficient (Wildman–Crippen LogP) is 8.34. The van der Waals surface area contributed by atoms with Gasteiger partial charge in [0.1, 0.15) is 35.1 Å². The van der Waals surface area contributed by atoms with Crippen LogP contribution in [-0.4, -0.2) is 97.1 Å². The monoisotopic (exact) mass is 996 g/mol. The van der Waals surface area contributed by atoms with Gasteiger partial charge in [-0.15, -0.1) is 32.9 Å². The summed E-state index contributed by atoms with van der Waals surface area (Å²) >= 11 is 3.34. The minimum atomic E-state index is -0.929. The Kier molecular flexibility index (Phi) is 13.9. The Hall–Kier alpha value is -6.56. The van der Waals surface area contributed by atoms with Crippen LogP contribution in [0.25, 0.3) is 26.6 Å². The first-order valence-electron chi connectivity index (χ1n) is 24.0. The lowest BCUT2D eigenvalue weighted by atomic mass is 9.80. The summed E-state index contributed by atoms with van der Waals surface area (Å²) in [5.74, 6) is -0.00259. The van der Waals surface area contributed by atoms with Gasteiger partial charge in [0, 0.05) is 57.6 Å². The molecule has 3 N–H and O–H groups in total. The highest BCUT2D eigenvalue weighted by molar-refractivity contribution is 7.15. The molecule has 1 aliphatic carbocycles.